The Morgan fingerprint density at radius 3 is 2.68 bits per heavy atom. The summed E-state index contributed by atoms with van der Waals surface area (Å²) in [5.41, 5.74) is 1.49. The summed E-state index contributed by atoms with van der Waals surface area (Å²) in [7, 11) is 1.52. The van der Waals surface area contributed by atoms with E-state index in [1.807, 2.05) is 35.6 Å². The highest BCUT2D eigenvalue weighted by Crippen LogP contribution is 2.25. The van der Waals surface area contributed by atoms with Crippen LogP contribution in [0, 0.1) is 10.7 Å². The Bertz CT molecular complexity index is 797. The molecular weight excluding hydrogens is 437 g/mol. The molecule has 0 spiro atoms. The van der Waals surface area contributed by atoms with Gasteiger partial charge in [-0.1, -0.05) is 6.07 Å². The van der Waals surface area contributed by atoms with Crippen LogP contribution in [0.1, 0.15) is 18.2 Å². The molecule has 1 atom stereocenters. The van der Waals surface area contributed by atoms with Crippen molar-refractivity contribution in [3.8, 4) is 5.75 Å². The smallest absolute Gasteiger partial charge is 0.331 e. The highest BCUT2D eigenvalue weighted by molar-refractivity contribution is 14.1. The Labute approximate surface area is 159 Å². The third kappa shape index (κ3) is 5.63. The fourth-order valence-corrected chi connectivity index (χ4v) is 2.42. The molecule has 6 nitrogen and oxygen atoms in total. The number of rotatable bonds is 6. The van der Waals surface area contributed by atoms with Crippen molar-refractivity contribution in [1.29, 1.82) is 0 Å². The van der Waals surface area contributed by atoms with Gasteiger partial charge in [0, 0.05) is 6.08 Å². The maximum atomic E-state index is 12.2. The van der Waals surface area contributed by atoms with E-state index in [9.17, 15) is 9.59 Å². The van der Waals surface area contributed by atoms with E-state index < -0.39 is 18.0 Å². The van der Waals surface area contributed by atoms with Crippen molar-refractivity contribution in [3.05, 3.63) is 51.5 Å². The second-order valence-corrected chi connectivity index (χ2v) is 6.31. The maximum absolute atomic E-state index is 12.2. The summed E-state index contributed by atoms with van der Waals surface area (Å²) in [5, 5.41) is 2.70. The zero-order chi connectivity index (χ0) is 18.4. The largest absolute Gasteiger partial charge is 0.495 e. The first-order valence-corrected chi connectivity index (χ1v) is 8.56. The van der Waals surface area contributed by atoms with Crippen LogP contribution < -0.4 is 10.1 Å². The molecule has 2 rings (SSSR count). The summed E-state index contributed by atoms with van der Waals surface area (Å²) in [4.78, 5) is 24.0. The third-order valence-electron chi connectivity index (χ3n) is 3.25. The van der Waals surface area contributed by atoms with Crippen LogP contribution in [-0.4, -0.2) is 25.1 Å². The molecule has 2 aromatic rings. The van der Waals surface area contributed by atoms with Gasteiger partial charge in [0.15, 0.2) is 9.87 Å². The van der Waals surface area contributed by atoms with E-state index in [0.717, 1.165) is 5.56 Å². The number of nitrogens with one attached hydrogen (secondary N) is 1. The molecule has 1 aromatic heterocycles. The average Bonchev–Trinajstić information content (AvgIpc) is 2.98. The third-order valence-corrected chi connectivity index (χ3v) is 3.83. The lowest BCUT2D eigenvalue weighted by Gasteiger charge is -2.15. The van der Waals surface area contributed by atoms with Crippen LogP contribution in [0.5, 0.6) is 5.75 Å². The first kappa shape index (κ1) is 19.0. The van der Waals surface area contributed by atoms with E-state index in [1.54, 1.807) is 24.3 Å². The van der Waals surface area contributed by atoms with E-state index >= 15 is 0 Å². The molecule has 0 bridgehead atoms. The minimum atomic E-state index is -0.959. The van der Waals surface area contributed by atoms with E-state index in [-0.39, 0.29) is 0 Å². The van der Waals surface area contributed by atoms with Gasteiger partial charge >= 0.3 is 5.97 Å². The Balaban J connectivity index is 1.94. The predicted molar refractivity (Wildman–Crippen MR) is 102 cm³/mol. The molecule has 0 aliphatic carbocycles. The average molecular weight is 455 g/mol. The predicted octanol–water partition coefficient (Wildman–Crippen LogP) is 3.78. The summed E-state index contributed by atoms with van der Waals surface area (Å²) >= 11 is 2.02. The van der Waals surface area contributed by atoms with Gasteiger partial charge in [-0.3, -0.25) is 4.79 Å². The van der Waals surface area contributed by atoms with Crippen molar-refractivity contribution in [3.63, 3.8) is 0 Å². The van der Waals surface area contributed by atoms with Gasteiger partial charge in [-0.15, -0.1) is 0 Å². The van der Waals surface area contributed by atoms with Gasteiger partial charge in [0.2, 0.25) is 0 Å². The van der Waals surface area contributed by atoms with Crippen molar-refractivity contribution in [1.82, 2.24) is 0 Å². The highest BCUT2D eigenvalue weighted by Gasteiger charge is 2.18. The number of hydrogen-bond acceptors (Lipinski definition) is 5. The molecule has 132 valence electrons. The molecular formula is C18H18INO5. The standard InChI is InChI=1S/C18H18INO5/c1-11-4-7-15(23-3)14(10-11)20-18(22)12(2)24-17(21)9-6-13-5-8-16(19)25-13/h4-10,12H,1-3H3,(H,20,22)/b9-6+. The molecule has 1 N–H and O–H groups in total. The normalized spacial score (nSPS) is 12.0. The molecule has 0 radical (unpaired) electrons. The lowest BCUT2D eigenvalue weighted by Crippen LogP contribution is -2.29. The second kappa shape index (κ2) is 8.70. The number of aryl methyl sites for hydroxylation is 1. The number of amides is 1. The maximum Gasteiger partial charge on any atom is 0.331 e. The number of hydrogen-bond donors (Lipinski definition) is 1. The van der Waals surface area contributed by atoms with E-state index in [2.05, 4.69) is 5.32 Å². The van der Waals surface area contributed by atoms with Gasteiger partial charge in [0.1, 0.15) is 11.5 Å². The van der Waals surface area contributed by atoms with Crippen molar-refractivity contribution in [2.24, 2.45) is 0 Å². The fourth-order valence-electron chi connectivity index (χ4n) is 1.99. The van der Waals surface area contributed by atoms with Crippen molar-refractivity contribution < 1.29 is 23.5 Å². The Morgan fingerprint density at radius 1 is 1.28 bits per heavy atom. The molecule has 1 aromatic carbocycles. The topological polar surface area (TPSA) is 77.8 Å². The molecule has 0 fully saturated rings. The van der Waals surface area contributed by atoms with Crippen LogP contribution in [0.3, 0.4) is 0 Å². The van der Waals surface area contributed by atoms with Crippen LogP contribution in [0.15, 0.2) is 40.8 Å². The Kier molecular flexibility index (Phi) is 6.63. The fraction of sp³-hybridized carbons (Fsp3) is 0.222. The van der Waals surface area contributed by atoms with Crippen molar-refractivity contribution >= 4 is 46.2 Å². The van der Waals surface area contributed by atoms with Crippen molar-refractivity contribution in [2.45, 2.75) is 20.0 Å². The quantitative estimate of drug-likeness (QED) is 0.408. The molecule has 0 aliphatic rings. The van der Waals surface area contributed by atoms with Gasteiger partial charge in [-0.25, -0.2) is 4.79 Å². The van der Waals surface area contributed by atoms with Gasteiger partial charge in [-0.05, 0) is 72.3 Å². The summed E-state index contributed by atoms with van der Waals surface area (Å²) in [6.07, 6.45) is 1.74. The monoisotopic (exact) mass is 455 g/mol. The summed E-state index contributed by atoms with van der Waals surface area (Å²) in [6.45, 7) is 3.40. The Morgan fingerprint density at radius 2 is 2.04 bits per heavy atom. The van der Waals surface area contributed by atoms with Crippen molar-refractivity contribution in [2.75, 3.05) is 12.4 Å². The molecule has 1 amide bonds. The lowest BCUT2D eigenvalue weighted by molar-refractivity contribution is -0.148. The molecule has 7 heteroatoms. The molecule has 0 saturated heterocycles. The van der Waals surface area contributed by atoms with E-state index in [1.165, 1.54) is 26.2 Å². The molecule has 0 saturated carbocycles. The lowest BCUT2D eigenvalue weighted by atomic mass is 10.2. The molecule has 0 aliphatic heterocycles. The van der Waals surface area contributed by atoms with E-state index in [4.69, 9.17) is 13.9 Å². The SMILES string of the molecule is COc1ccc(C)cc1NC(=O)C(C)OC(=O)/C=C/c1ccc(I)o1. The number of ether oxygens (including phenoxy) is 2. The molecule has 1 unspecified atom stereocenters. The highest BCUT2D eigenvalue weighted by atomic mass is 127. The number of carbonyl (C=O) groups excluding carboxylic acids is 2. The van der Waals surface area contributed by atoms with Gasteiger partial charge in [0.25, 0.3) is 5.91 Å². The summed E-state index contributed by atoms with van der Waals surface area (Å²) in [5.74, 6) is -0.0174. The number of furan rings is 1. The number of methoxy groups -OCH3 is 1. The molecule has 25 heavy (non-hydrogen) atoms. The van der Waals surface area contributed by atoms with Crippen LogP contribution in [0.4, 0.5) is 5.69 Å². The zero-order valence-electron chi connectivity index (χ0n) is 14.0. The number of carbonyl (C=O) groups is 2. The van der Waals surface area contributed by atoms with E-state index in [0.29, 0.717) is 21.0 Å². The van der Waals surface area contributed by atoms with Crippen LogP contribution in [-0.2, 0) is 14.3 Å². The first-order valence-electron chi connectivity index (χ1n) is 7.48. The number of benzene rings is 1. The summed E-state index contributed by atoms with van der Waals surface area (Å²) < 4.78 is 16.3. The zero-order valence-corrected chi connectivity index (χ0v) is 16.2. The van der Waals surface area contributed by atoms with Crippen LogP contribution in [0.2, 0.25) is 0 Å². The summed E-state index contributed by atoms with van der Waals surface area (Å²) in [6, 6.07) is 8.92. The minimum Gasteiger partial charge on any atom is -0.495 e. The van der Waals surface area contributed by atoms with Crippen LogP contribution in [0.25, 0.3) is 6.08 Å². The number of esters is 1. The van der Waals surface area contributed by atoms with Crippen LogP contribution >= 0.6 is 22.6 Å². The van der Waals surface area contributed by atoms with Gasteiger partial charge in [0.05, 0.1) is 12.8 Å². The minimum absolute atomic E-state index is 0.446. The Hall–Kier alpha value is -2.29. The number of anilines is 1. The second-order valence-electron chi connectivity index (χ2n) is 5.25. The molecule has 1 heterocycles. The number of halogens is 1. The van der Waals surface area contributed by atoms with Gasteiger partial charge in [-0.2, -0.15) is 0 Å². The van der Waals surface area contributed by atoms with Gasteiger partial charge < -0.3 is 19.2 Å². The first-order chi connectivity index (χ1) is 11.9.